The highest BCUT2D eigenvalue weighted by atomic mass is 15.1. The largest absolute Gasteiger partial charge is 0.311 e. The number of benzene rings is 7. The van der Waals surface area contributed by atoms with Gasteiger partial charge in [-0.2, -0.15) is 5.26 Å². The zero-order valence-electron chi connectivity index (χ0n) is 34.8. The molecule has 0 saturated carbocycles. The van der Waals surface area contributed by atoms with Crippen LogP contribution in [0.2, 0.25) is 0 Å². The van der Waals surface area contributed by atoms with Crippen LogP contribution in [-0.4, -0.2) is 15.0 Å². The molecule has 0 fully saturated rings. The van der Waals surface area contributed by atoms with Crippen LogP contribution in [0.15, 0.2) is 243 Å². The third kappa shape index (κ3) is 7.66. The van der Waals surface area contributed by atoms with Gasteiger partial charge >= 0.3 is 0 Å². The van der Waals surface area contributed by atoms with Crippen molar-refractivity contribution in [1.82, 2.24) is 15.0 Å². The molecule has 0 aliphatic rings. The molecule has 0 aliphatic heterocycles. The van der Waals surface area contributed by atoms with Crippen LogP contribution in [-0.2, 0) is 0 Å². The van der Waals surface area contributed by atoms with Crippen molar-refractivity contribution < 1.29 is 0 Å². The molecule has 302 valence electrons. The number of anilines is 6. The maximum Gasteiger partial charge on any atom is 0.100 e. The van der Waals surface area contributed by atoms with Gasteiger partial charge in [0.25, 0.3) is 0 Å². The number of para-hydroxylation sites is 4. The minimum atomic E-state index is 0.554. The third-order valence-corrected chi connectivity index (χ3v) is 11.4. The fraction of sp³-hybridized carbons (Fsp3) is 0. The molecule has 0 atom stereocenters. The maximum absolute atomic E-state index is 11.6. The maximum atomic E-state index is 11.6. The van der Waals surface area contributed by atoms with E-state index in [1.807, 2.05) is 60.9 Å². The van der Waals surface area contributed by atoms with Gasteiger partial charge in [-0.05, 0) is 154 Å². The average molecular weight is 821 g/mol. The second-order valence-corrected chi connectivity index (χ2v) is 15.2. The van der Waals surface area contributed by atoms with E-state index in [2.05, 4.69) is 189 Å². The number of aromatic nitrogens is 3. The van der Waals surface area contributed by atoms with Crippen LogP contribution in [0.1, 0.15) is 5.56 Å². The minimum Gasteiger partial charge on any atom is -0.311 e. The van der Waals surface area contributed by atoms with Gasteiger partial charge in [-0.25, -0.2) is 0 Å². The van der Waals surface area contributed by atoms with Gasteiger partial charge in [0, 0.05) is 82.4 Å². The Morgan fingerprint density at radius 1 is 0.266 bits per heavy atom. The lowest BCUT2D eigenvalue weighted by Gasteiger charge is -2.28. The van der Waals surface area contributed by atoms with E-state index in [1.165, 1.54) is 0 Å². The number of nitrogens with zero attached hydrogens (tertiary/aromatic N) is 6. The third-order valence-electron chi connectivity index (χ3n) is 11.4. The molecule has 6 heteroatoms. The second kappa shape index (κ2) is 18.0. The molecule has 0 radical (unpaired) electrons. The van der Waals surface area contributed by atoms with Crippen LogP contribution in [0.3, 0.4) is 0 Å². The van der Waals surface area contributed by atoms with E-state index in [0.717, 1.165) is 89.8 Å². The van der Waals surface area contributed by atoms with Crippen molar-refractivity contribution in [1.29, 1.82) is 5.26 Å². The molecule has 0 saturated heterocycles. The van der Waals surface area contributed by atoms with Crippen LogP contribution in [0, 0.1) is 11.3 Å². The fourth-order valence-corrected chi connectivity index (χ4v) is 8.62. The Hall–Kier alpha value is -8.92. The van der Waals surface area contributed by atoms with Crippen molar-refractivity contribution >= 4 is 34.1 Å². The number of nitriles is 1. The van der Waals surface area contributed by atoms with Gasteiger partial charge in [-0.15, -0.1) is 0 Å². The van der Waals surface area contributed by atoms with E-state index in [9.17, 15) is 5.26 Å². The molecule has 6 nitrogen and oxygen atoms in total. The van der Waals surface area contributed by atoms with E-state index in [1.54, 1.807) is 24.8 Å². The van der Waals surface area contributed by atoms with E-state index < -0.39 is 0 Å². The molecule has 0 aliphatic carbocycles. The molecular formula is C58H40N6. The van der Waals surface area contributed by atoms with Gasteiger partial charge in [0.1, 0.15) is 6.07 Å². The minimum absolute atomic E-state index is 0.554. The first-order valence-corrected chi connectivity index (χ1v) is 21.1. The second-order valence-electron chi connectivity index (χ2n) is 15.2. The molecule has 0 unspecified atom stereocenters. The monoisotopic (exact) mass is 820 g/mol. The van der Waals surface area contributed by atoms with E-state index >= 15 is 0 Å². The Morgan fingerprint density at radius 3 is 0.781 bits per heavy atom. The molecule has 10 aromatic rings. The number of hydrogen-bond donors (Lipinski definition) is 0. The molecule has 0 spiro atoms. The molecule has 0 bridgehead atoms. The fourth-order valence-electron chi connectivity index (χ4n) is 8.62. The predicted molar refractivity (Wildman–Crippen MR) is 261 cm³/mol. The summed E-state index contributed by atoms with van der Waals surface area (Å²) in [6, 6.07) is 73.8. The highest BCUT2D eigenvalue weighted by Gasteiger charge is 2.29. The predicted octanol–water partition coefficient (Wildman–Crippen LogP) is 15.0. The van der Waals surface area contributed by atoms with Crippen molar-refractivity contribution in [3.63, 3.8) is 0 Å². The van der Waals surface area contributed by atoms with Crippen LogP contribution in [0.4, 0.5) is 34.1 Å². The molecule has 0 N–H and O–H groups in total. The first-order valence-electron chi connectivity index (χ1n) is 21.1. The van der Waals surface area contributed by atoms with E-state index in [4.69, 9.17) is 0 Å². The van der Waals surface area contributed by atoms with Crippen molar-refractivity contribution in [3.8, 4) is 61.7 Å². The van der Waals surface area contributed by atoms with Crippen LogP contribution in [0.25, 0.3) is 55.6 Å². The van der Waals surface area contributed by atoms with Crippen molar-refractivity contribution in [2.75, 3.05) is 9.80 Å². The highest BCUT2D eigenvalue weighted by Crippen LogP contribution is 2.53. The lowest BCUT2D eigenvalue weighted by Crippen LogP contribution is -2.09. The van der Waals surface area contributed by atoms with Gasteiger partial charge in [0.15, 0.2) is 0 Å². The van der Waals surface area contributed by atoms with Crippen molar-refractivity contribution in [3.05, 3.63) is 249 Å². The molecule has 7 aromatic carbocycles. The number of pyridine rings is 3. The van der Waals surface area contributed by atoms with Crippen molar-refractivity contribution in [2.45, 2.75) is 0 Å². The average Bonchev–Trinajstić information content (AvgIpc) is 3.38. The van der Waals surface area contributed by atoms with E-state index in [0.29, 0.717) is 5.56 Å². The van der Waals surface area contributed by atoms with Crippen LogP contribution >= 0.6 is 0 Å². The van der Waals surface area contributed by atoms with Crippen molar-refractivity contribution in [2.24, 2.45) is 0 Å². The molecule has 3 aromatic heterocycles. The SMILES string of the molecule is N#Cc1c(-c2ccncc2)c(-c2ccc(N(c3ccccc3)c3ccccc3)cc2)c(-c2ccncc2)c(-c2ccc(N(c3ccccc3)c3ccccc3)cc2)c1-c1ccncc1. The lowest BCUT2D eigenvalue weighted by atomic mass is 9.76. The quantitative estimate of drug-likeness (QED) is 0.129. The number of rotatable bonds is 11. The van der Waals surface area contributed by atoms with Gasteiger partial charge in [-0.1, -0.05) is 97.1 Å². The Kier molecular flexibility index (Phi) is 11.0. The molecule has 3 heterocycles. The summed E-state index contributed by atoms with van der Waals surface area (Å²) in [5, 5.41) is 11.6. The summed E-state index contributed by atoms with van der Waals surface area (Å²) in [4.78, 5) is 17.8. The summed E-state index contributed by atoms with van der Waals surface area (Å²) in [6.45, 7) is 0. The van der Waals surface area contributed by atoms with Gasteiger partial charge < -0.3 is 9.80 Å². The van der Waals surface area contributed by atoms with Crippen LogP contribution < -0.4 is 9.80 Å². The van der Waals surface area contributed by atoms with Gasteiger partial charge in [0.05, 0.1) is 5.56 Å². The van der Waals surface area contributed by atoms with Gasteiger partial charge in [0.2, 0.25) is 0 Å². The summed E-state index contributed by atoms with van der Waals surface area (Å²) in [6.07, 6.45) is 10.8. The summed E-state index contributed by atoms with van der Waals surface area (Å²) >= 11 is 0. The van der Waals surface area contributed by atoms with Crippen LogP contribution in [0.5, 0.6) is 0 Å². The van der Waals surface area contributed by atoms with Gasteiger partial charge in [-0.3, -0.25) is 15.0 Å². The van der Waals surface area contributed by atoms with E-state index in [-0.39, 0.29) is 0 Å². The Bertz CT molecular complexity index is 2890. The first-order chi connectivity index (χ1) is 31.8. The topological polar surface area (TPSA) is 68.9 Å². The zero-order valence-corrected chi connectivity index (χ0v) is 34.8. The molecular weight excluding hydrogens is 781 g/mol. The Balaban J connectivity index is 1.26. The Labute approximate surface area is 373 Å². The Morgan fingerprint density at radius 2 is 0.500 bits per heavy atom. The normalized spacial score (nSPS) is 10.8. The summed E-state index contributed by atoms with van der Waals surface area (Å²) in [7, 11) is 0. The zero-order chi connectivity index (χ0) is 43.1. The molecule has 0 amide bonds. The highest BCUT2D eigenvalue weighted by molar-refractivity contribution is 6.10. The molecule has 10 rings (SSSR count). The number of hydrogen-bond acceptors (Lipinski definition) is 6. The summed E-state index contributed by atoms with van der Waals surface area (Å²) in [5.74, 6) is 0. The molecule has 64 heavy (non-hydrogen) atoms. The standard InChI is InChI=1S/C58H40N6/c59-41-53-54(44-29-35-60-36-30-44)56(42-21-25-51(26-22-42)63(47-13-5-1-6-14-47)48-15-7-2-8-16-48)58(46-33-39-62-40-34-46)57(55(53)45-31-37-61-38-32-45)43-23-27-52(28-24-43)64(49-17-9-3-10-18-49)50-19-11-4-12-20-50/h1-40H. The first kappa shape index (κ1) is 39.2. The smallest absolute Gasteiger partial charge is 0.100 e. The summed E-state index contributed by atoms with van der Waals surface area (Å²) < 4.78 is 0. The lowest BCUT2D eigenvalue weighted by molar-refractivity contribution is 1.28. The summed E-state index contributed by atoms with van der Waals surface area (Å²) in [5.41, 5.74) is 15.9.